The molecule has 1 fully saturated rings. The summed E-state index contributed by atoms with van der Waals surface area (Å²) in [5.74, 6) is 0. The molecule has 2 aliphatic rings. The third-order valence-corrected chi connectivity index (χ3v) is 5.06. The van der Waals surface area contributed by atoms with Crippen LogP contribution < -0.4 is 10.2 Å². The average molecular weight is 281 g/mol. The number of hydrogen-bond donors (Lipinski definition) is 1. The van der Waals surface area contributed by atoms with Gasteiger partial charge in [0, 0.05) is 18.0 Å². The van der Waals surface area contributed by atoms with Crippen molar-refractivity contribution < 1.29 is 4.74 Å². The molecule has 1 aliphatic heterocycles. The second kappa shape index (κ2) is 6.20. The van der Waals surface area contributed by atoms with Gasteiger partial charge < -0.3 is 15.0 Å². The molecule has 1 N–H and O–H groups in total. The van der Waals surface area contributed by atoms with Crippen molar-refractivity contribution in [3.63, 3.8) is 0 Å². The lowest BCUT2D eigenvalue weighted by Gasteiger charge is -2.26. The van der Waals surface area contributed by atoms with Crippen molar-refractivity contribution in [2.75, 3.05) is 37.7 Å². The van der Waals surface area contributed by atoms with Crippen molar-refractivity contribution in [1.82, 2.24) is 10.3 Å². The van der Waals surface area contributed by atoms with Gasteiger partial charge in [0.15, 0.2) is 5.13 Å². The number of ether oxygens (including phenoxy) is 1. The highest BCUT2D eigenvalue weighted by Gasteiger charge is 2.26. The standard InChI is InChI=1S/C14H23N3OS/c1-2-6-15-11-4-3-5-12-13(11)16-14(19-12)17-7-9-18-10-8-17/h11,15H,2-10H2,1H3. The molecule has 0 spiro atoms. The van der Waals surface area contributed by atoms with Gasteiger partial charge in [-0.05, 0) is 32.2 Å². The second-order valence-corrected chi connectivity index (χ2v) is 6.37. The highest BCUT2D eigenvalue weighted by molar-refractivity contribution is 7.15. The Kier molecular flexibility index (Phi) is 4.35. The van der Waals surface area contributed by atoms with Crippen molar-refractivity contribution in [2.45, 2.75) is 38.6 Å². The van der Waals surface area contributed by atoms with Gasteiger partial charge in [0.2, 0.25) is 0 Å². The molecule has 0 aromatic carbocycles. The first-order valence-electron chi connectivity index (χ1n) is 7.44. The fourth-order valence-corrected chi connectivity index (χ4v) is 4.03. The van der Waals surface area contributed by atoms with E-state index in [4.69, 9.17) is 9.72 Å². The van der Waals surface area contributed by atoms with Gasteiger partial charge in [-0.15, -0.1) is 11.3 Å². The topological polar surface area (TPSA) is 37.4 Å². The van der Waals surface area contributed by atoms with E-state index in [9.17, 15) is 0 Å². The zero-order valence-corrected chi connectivity index (χ0v) is 12.5. The maximum Gasteiger partial charge on any atom is 0.185 e. The first-order chi connectivity index (χ1) is 9.38. The van der Waals surface area contributed by atoms with Crippen LogP contribution in [0.1, 0.15) is 42.8 Å². The van der Waals surface area contributed by atoms with Crippen LogP contribution in [0.2, 0.25) is 0 Å². The maximum absolute atomic E-state index is 5.42. The van der Waals surface area contributed by atoms with Gasteiger partial charge in [-0.1, -0.05) is 6.92 Å². The number of morpholine rings is 1. The van der Waals surface area contributed by atoms with Gasteiger partial charge in [0.25, 0.3) is 0 Å². The first kappa shape index (κ1) is 13.3. The smallest absolute Gasteiger partial charge is 0.185 e. The molecular weight excluding hydrogens is 258 g/mol. The molecular formula is C14H23N3OS. The van der Waals surface area contributed by atoms with E-state index in [-0.39, 0.29) is 0 Å². The van der Waals surface area contributed by atoms with Crippen LogP contribution in [0.15, 0.2) is 0 Å². The SMILES string of the molecule is CCCNC1CCCc2sc(N3CCOCC3)nc21. The Bertz CT molecular complexity index is 415. The zero-order valence-electron chi connectivity index (χ0n) is 11.7. The highest BCUT2D eigenvalue weighted by Crippen LogP contribution is 2.36. The number of thiazole rings is 1. The number of nitrogens with zero attached hydrogens (tertiary/aromatic N) is 2. The molecule has 0 saturated carbocycles. The second-order valence-electron chi connectivity index (χ2n) is 5.30. The Balaban J connectivity index is 1.76. The molecule has 0 bridgehead atoms. The van der Waals surface area contributed by atoms with E-state index < -0.39 is 0 Å². The van der Waals surface area contributed by atoms with Crippen molar-refractivity contribution in [1.29, 1.82) is 0 Å². The van der Waals surface area contributed by atoms with E-state index in [1.807, 2.05) is 11.3 Å². The van der Waals surface area contributed by atoms with Crippen molar-refractivity contribution in [2.24, 2.45) is 0 Å². The summed E-state index contributed by atoms with van der Waals surface area (Å²) in [7, 11) is 0. The third-order valence-electron chi connectivity index (χ3n) is 3.87. The van der Waals surface area contributed by atoms with Gasteiger partial charge in [-0.2, -0.15) is 0 Å². The number of fused-ring (bicyclic) bond motifs is 1. The van der Waals surface area contributed by atoms with Crippen LogP contribution in [0.4, 0.5) is 5.13 Å². The molecule has 3 rings (SSSR count). The van der Waals surface area contributed by atoms with Crippen molar-refractivity contribution in [3.05, 3.63) is 10.6 Å². The quantitative estimate of drug-likeness (QED) is 0.919. The van der Waals surface area contributed by atoms with Gasteiger partial charge >= 0.3 is 0 Å². The monoisotopic (exact) mass is 281 g/mol. The lowest BCUT2D eigenvalue weighted by Crippen LogP contribution is -2.36. The lowest BCUT2D eigenvalue weighted by molar-refractivity contribution is 0.122. The minimum atomic E-state index is 0.481. The maximum atomic E-state index is 5.42. The molecule has 106 valence electrons. The Hall–Kier alpha value is -0.650. The minimum absolute atomic E-state index is 0.481. The zero-order chi connectivity index (χ0) is 13.1. The molecule has 0 amide bonds. The summed E-state index contributed by atoms with van der Waals surface area (Å²) in [5, 5.41) is 4.85. The highest BCUT2D eigenvalue weighted by atomic mass is 32.1. The average Bonchev–Trinajstić information content (AvgIpc) is 2.90. The summed E-state index contributed by atoms with van der Waals surface area (Å²) < 4.78 is 5.42. The minimum Gasteiger partial charge on any atom is -0.378 e. The summed E-state index contributed by atoms with van der Waals surface area (Å²) in [6.45, 7) is 6.95. The predicted molar refractivity (Wildman–Crippen MR) is 79.1 cm³/mol. The van der Waals surface area contributed by atoms with Gasteiger partial charge in [-0.25, -0.2) is 4.98 Å². The fourth-order valence-electron chi connectivity index (χ4n) is 2.81. The molecule has 19 heavy (non-hydrogen) atoms. The van der Waals surface area contributed by atoms with E-state index in [2.05, 4.69) is 17.1 Å². The van der Waals surface area contributed by atoms with Gasteiger partial charge in [0.05, 0.1) is 24.9 Å². The van der Waals surface area contributed by atoms with E-state index in [1.54, 1.807) is 0 Å². The van der Waals surface area contributed by atoms with E-state index >= 15 is 0 Å². The molecule has 1 aromatic heterocycles. The Morgan fingerprint density at radius 3 is 3.05 bits per heavy atom. The van der Waals surface area contributed by atoms with Crippen LogP contribution in [-0.2, 0) is 11.2 Å². The normalized spacial score (nSPS) is 23.4. The third kappa shape index (κ3) is 2.93. The number of hydrogen-bond acceptors (Lipinski definition) is 5. The van der Waals surface area contributed by atoms with Gasteiger partial charge in [-0.3, -0.25) is 0 Å². The van der Waals surface area contributed by atoms with E-state index in [1.165, 1.54) is 41.4 Å². The molecule has 0 radical (unpaired) electrons. The van der Waals surface area contributed by atoms with Crippen molar-refractivity contribution >= 4 is 16.5 Å². The van der Waals surface area contributed by atoms with Crippen LogP contribution in [0.3, 0.4) is 0 Å². The molecule has 1 saturated heterocycles. The number of nitrogens with one attached hydrogen (secondary N) is 1. The van der Waals surface area contributed by atoms with E-state index in [0.29, 0.717) is 6.04 Å². The largest absolute Gasteiger partial charge is 0.378 e. The number of rotatable bonds is 4. The summed E-state index contributed by atoms with van der Waals surface area (Å²) in [6, 6.07) is 0.481. The van der Waals surface area contributed by atoms with E-state index in [0.717, 1.165) is 32.8 Å². The lowest BCUT2D eigenvalue weighted by atomic mass is 9.97. The summed E-state index contributed by atoms with van der Waals surface area (Å²) in [4.78, 5) is 8.81. The summed E-state index contributed by atoms with van der Waals surface area (Å²) in [6.07, 6.45) is 4.92. The molecule has 1 unspecified atom stereocenters. The van der Waals surface area contributed by atoms with Crippen molar-refractivity contribution in [3.8, 4) is 0 Å². The fraction of sp³-hybridized carbons (Fsp3) is 0.786. The number of aromatic nitrogens is 1. The van der Waals surface area contributed by atoms with Crippen LogP contribution >= 0.6 is 11.3 Å². The Morgan fingerprint density at radius 2 is 2.26 bits per heavy atom. The summed E-state index contributed by atoms with van der Waals surface area (Å²) >= 11 is 1.90. The molecule has 1 atom stereocenters. The molecule has 2 heterocycles. The summed E-state index contributed by atoms with van der Waals surface area (Å²) in [5.41, 5.74) is 1.33. The van der Waals surface area contributed by atoms with Crippen LogP contribution in [0.25, 0.3) is 0 Å². The molecule has 5 heteroatoms. The molecule has 1 aromatic rings. The first-order valence-corrected chi connectivity index (χ1v) is 8.26. The Morgan fingerprint density at radius 1 is 1.42 bits per heavy atom. The van der Waals surface area contributed by atoms with Gasteiger partial charge in [0.1, 0.15) is 0 Å². The molecule has 4 nitrogen and oxygen atoms in total. The molecule has 1 aliphatic carbocycles. The van der Waals surface area contributed by atoms with Crippen LogP contribution in [-0.4, -0.2) is 37.8 Å². The number of aryl methyl sites for hydroxylation is 1. The van der Waals surface area contributed by atoms with Crippen LogP contribution in [0, 0.1) is 0 Å². The number of anilines is 1. The van der Waals surface area contributed by atoms with Crippen LogP contribution in [0.5, 0.6) is 0 Å². The predicted octanol–water partition coefficient (Wildman–Crippen LogP) is 2.36. The Labute approximate surface area is 119 Å².